The van der Waals surface area contributed by atoms with Gasteiger partial charge in [0, 0.05) is 27.8 Å². The van der Waals surface area contributed by atoms with Gasteiger partial charge >= 0.3 is 5.97 Å². The number of nitrogens with zero attached hydrogens (tertiary/aromatic N) is 1. The van der Waals surface area contributed by atoms with Gasteiger partial charge in [-0.3, -0.25) is 24.5 Å². The molecule has 1 aromatic heterocycles. The third-order valence-corrected chi connectivity index (χ3v) is 4.60. The number of benzene rings is 1. The lowest BCUT2D eigenvalue weighted by Crippen LogP contribution is -2.21. The summed E-state index contributed by atoms with van der Waals surface area (Å²) in [5.74, 6) is -1.54. The molecule has 142 valence electrons. The summed E-state index contributed by atoms with van der Waals surface area (Å²) in [4.78, 5) is 47.9. The lowest BCUT2D eigenvalue weighted by Gasteiger charge is -2.07. The monoisotopic (exact) mass is 390 g/mol. The Morgan fingerprint density at radius 3 is 2.52 bits per heavy atom. The van der Waals surface area contributed by atoms with Crippen LogP contribution in [0.4, 0.5) is 11.4 Å². The molecule has 8 nitrogen and oxygen atoms in total. The van der Waals surface area contributed by atoms with E-state index in [9.17, 15) is 24.5 Å². The quantitative estimate of drug-likeness (QED) is 0.320. The van der Waals surface area contributed by atoms with Crippen LogP contribution in [0.3, 0.4) is 0 Å². The second-order valence-electron chi connectivity index (χ2n) is 5.73. The van der Waals surface area contributed by atoms with Crippen molar-refractivity contribution in [1.29, 1.82) is 0 Å². The van der Waals surface area contributed by atoms with E-state index in [0.29, 0.717) is 5.56 Å². The van der Waals surface area contributed by atoms with E-state index in [2.05, 4.69) is 5.32 Å². The van der Waals surface area contributed by atoms with E-state index in [1.54, 1.807) is 6.07 Å². The van der Waals surface area contributed by atoms with Gasteiger partial charge in [-0.25, -0.2) is 0 Å². The predicted molar refractivity (Wildman–Crippen MR) is 100 cm³/mol. The van der Waals surface area contributed by atoms with Gasteiger partial charge in [-0.15, -0.1) is 11.3 Å². The van der Waals surface area contributed by atoms with Gasteiger partial charge in [0.2, 0.25) is 0 Å². The molecule has 0 atom stereocenters. The van der Waals surface area contributed by atoms with E-state index in [0.717, 1.165) is 9.75 Å². The number of amides is 1. The molecule has 0 saturated carbocycles. The van der Waals surface area contributed by atoms with Crippen LogP contribution in [0.2, 0.25) is 0 Å². The number of rotatable bonds is 8. The molecule has 1 N–H and O–H groups in total. The van der Waals surface area contributed by atoms with Crippen molar-refractivity contribution in [3.63, 3.8) is 0 Å². The molecular weight excluding hydrogens is 372 g/mol. The average Bonchev–Trinajstić information content (AvgIpc) is 2.96. The number of anilines is 1. The Bertz CT molecular complexity index is 890. The van der Waals surface area contributed by atoms with Crippen molar-refractivity contribution in [2.45, 2.75) is 26.7 Å². The van der Waals surface area contributed by atoms with Crippen LogP contribution < -0.4 is 5.32 Å². The maximum atomic E-state index is 12.1. The van der Waals surface area contributed by atoms with Crippen LogP contribution >= 0.6 is 11.3 Å². The molecule has 1 amide bonds. The fourth-order valence-electron chi connectivity index (χ4n) is 2.40. The van der Waals surface area contributed by atoms with Crippen LogP contribution in [0.25, 0.3) is 0 Å². The average molecular weight is 390 g/mol. The number of nitro groups is 1. The number of para-hydroxylation sites is 2. The summed E-state index contributed by atoms with van der Waals surface area (Å²) < 4.78 is 4.83. The Morgan fingerprint density at radius 2 is 1.89 bits per heavy atom. The third-order valence-electron chi connectivity index (χ3n) is 3.64. The van der Waals surface area contributed by atoms with E-state index >= 15 is 0 Å². The molecule has 0 spiro atoms. The Morgan fingerprint density at radius 1 is 1.19 bits per heavy atom. The summed E-state index contributed by atoms with van der Waals surface area (Å²) >= 11 is 1.51. The molecule has 0 aliphatic heterocycles. The van der Waals surface area contributed by atoms with Crippen LogP contribution in [0.15, 0.2) is 30.3 Å². The Balaban J connectivity index is 1.80. The molecule has 0 radical (unpaired) electrons. The molecule has 0 bridgehead atoms. The number of ketones is 1. The molecule has 9 heteroatoms. The minimum Gasteiger partial charge on any atom is -0.456 e. The molecule has 2 aromatic rings. The smallest absolute Gasteiger partial charge is 0.306 e. The lowest BCUT2D eigenvalue weighted by molar-refractivity contribution is -0.383. The standard InChI is InChI=1S/C18H18N2O6S/c1-11-9-13(12(2)27-11)16(21)7-8-18(23)26-10-17(22)19-14-5-3-4-6-15(14)20(24)25/h3-6,9H,7-8,10H2,1-2H3,(H,19,22). The molecule has 0 fully saturated rings. The number of nitrogens with one attached hydrogen (secondary N) is 1. The number of esters is 1. The van der Waals surface area contributed by atoms with Gasteiger partial charge in [0.1, 0.15) is 5.69 Å². The van der Waals surface area contributed by atoms with E-state index in [1.165, 1.54) is 35.6 Å². The molecule has 0 unspecified atom stereocenters. The van der Waals surface area contributed by atoms with Gasteiger partial charge in [0.25, 0.3) is 11.6 Å². The van der Waals surface area contributed by atoms with Gasteiger partial charge in [0.15, 0.2) is 12.4 Å². The molecule has 0 saturated heterocycles. The van der Waals surface area contributed by atoms with Crippen LogP contribution in [0, 0.1) is 24.0 Å². The Kier molecular flexibility index (Phi) is 6.78. The number of aryl methyl sites for hydroxylation is 2. The van der Waals surface area contributed by atoms with Crippen LogP contribution in [0.1, 0.15) is 33.0 Å². The number of nitro benzene ring substituents is 1. The third kappa shape index (κ3) is 5.71. The van der Waals surface area contributed by atoms with Gasteiger partial charge in [-0.05, 0) is 26.0 Å². The van der Waals surface area contributed by atoms with E-state index in [1.807, 2.05) is 13.8 Å². The number of hydrogen-bond acceptors (Lipinski definition) is 7. The van der Waals surface area contributed by atoms with Crippen molar-refractivity contribution < 1.29 is 24.0 Å². The van der Waals surface area contributed by atoms with Crippen molar-refractivity contribution >= 4 is 40.4 Å². The number of carbonyl (C=O) groups excluding carboxylic acids is 3. The molecule has 1 aromatic carbocycles. The van der Waals surface area contributed by atoms with Crippen molar-refractivity contribution in [3.05, 3.63) is 55.8 Å². The number of carbonyl (C=O) groups is 3. The molecule has 0 aliphatic rings. The number of ether oxygens (including phenoxy) is 1. The van der Waals surface area contributed by atoms with Gasteiger partial charge in [-0.2, -0.15) is 0 Å². The predicted octanol–water partition coefficient (Wildman–Crippen LogP) is 3.42. The molecular formula is C18H18N2O6S. The minimum absolute atomic E-state index is 0.0123. The summed E-state index contributed by atoms with van der Waals surface area (Å²) in [6.07, 6.45) is -0.159. The van der Waals surface area contributed by atoms with Crippen molar-refractivity contribution in [1.82, 2.24) is 0 Å². The van der Waals surface area contributed by atoms with Crippen molar-refractivity contribution in [3.8, 4) is 0 Å². The maximum Gasteiger partial charge on any atom is 0.306 e. The lowest BCUT2D eigenvalue weighted by atomic mass is 10.1. The largest absolute Gasteiger partial charge is 0.456 e. The zero-order chi connectivity index (χ0) is 20.0. The molecule has 2 rings (SSSR count). The topological polar surface area (TPSA) is 116 Å². The SMILES string of the molecule is Cc1cc(C(=O)CCC(=O)OCC(=O)Nc2ccccc2[N+](=O)[O-])c(C)s1. The van der Waals surface area contributed by atoms with E-state index in [4.69, 9.17) is 4.74 Å². The fraction of sp³-hybridized carbons (Fsp3) is 0.278. The van der Waals surface area contributed by atoms with Gasteiger partial charge in [-0.1, -0.05) is 12.1 Å². The molecule has 0 aliphatic carbocycles. The van der Waals surface area contributed by atoms with Crippen LogP contribution in [-0.4, -0.2) is 29.2 Å². The Hall–Kier alpha value is -3.07. The second kappa shape index (κ2) is 9.04. The van der Waals surface area contributed by atoms with Crippen LogP contribution in [0.5, 0.6) is 0 Å². The molecule has 27 heavy (non-hydrogen) atoms. The Labute approximate surface area is 159 Å². The summed E-state index contributed by atoms with van der Waals surface area (Å²) in [5.41, 5.74) is 0.352. The normalized spacial score (nSPS) is 10.3. The highest BCUT2D eigenvalue weighted by molar-refractivity contribution is 7.12. The highest BCUT2D eigenvalue weighted by Gasteiger charge is 2.17. The van der Waals surface area contributed by atoms with E-state index in [-0.39, 0.29) is 30.0 Å². The first-order chi connectivity index (χ1) is 12.8. The molecule has 1 heterocycles. The summed E-state index contributed by atoms with van der Waals surface area (Å²) in [6.45, 7) is 3.16. The zero-order valence-electron chi connectivity index (χ0n) is 14.8. The number of thiophene rings is 1. The minimum atomic E-state index is -0.701. The van der Waals surface area contributed by atoms with Crippen molar-refractivity contribution in [2.75, 3.05) is 11.9 Å². The first-order valence-electron chi connectivity index (χ1n) is 8.07. The fourth-order valence-corrected chi connectivity index (χ4v) is 3.34. The maximum absolute atomic E-state index is 12.1. The zero-order valence-corrected chi connectivity index (χ0v) is 15.6. The number of hydrogen-bond donors (Lipinski definition) is 1. The van der Waals surface area contributed by atoms with Crippen LogP contribution in [-0.2, 0) is 14.3 Å². The summed E-state index contributed by atoms with van der Waals surface area (Å²) in [7, 11) is 0. The second-order valence-corrected chi connectivity index (χ2v) is 7.19. The summed E-state index contributed by atoms with van der Waals surface area (Å²) in [5, 5.41) is 13.2. The first-order valence-corrected chi connectivity index (χ1v) is 8.88. The summed E-state index contributed by atoms with van der Waals surface area (Å²) in [6, 6.07) is 7.42. The van der Waals surface area contributed by atoms with Gasteiger partial charge in [0.05, 0.1) is 11.3 Å². The van der Waals surface area contributed by atoms with Gasteiger partial charge < -0.3 is 10.1 Å². The highest BCUT2D eigenvalue weighted by Crippen LogP contribution is 2.23. The highest BCUT2D eigenvalue weighted by atomic mass is 32.1. The van der Waals surface area contributed by atoms with E-state index < -0.39 is 23.4 Å². The first kappa shape index (κ1) is 20.2. The number of Topliss-reactive ketones (excluding diaryl/α,β-unsaturated/α-hetero) is 1. The van der Waals surface area contributed by atoms with Crippen molar-refractivity contribution in [2.24, 2.45) is 0 Å².